The first-order valence-electron chi connectivity index (χ1n) is 3.37. The smallest absolute Gasteiger partial charge is 0.300 e. The molecule has 3 nitrogen and oxygen atoms in total. The molecule has 10 heavy (non-hydrogen) atoms. The molecule has 2 atom stereocenters. The van der Waals surface area contributed by atoms with E-state index in [2.05, 4.69) is 0 Å². The fourth-order valence-corrected chi connectivity index (χ4v) is 1.95. The number of Topliss-reactive ketones (excluding diaryl/α,β-unsaturated/α-hetero) is 1. The molecule has 1 fully saturated rings. The SMILES string of the molecule is O=C1CCCC([P+](=O)O)C1. The maximum atomic E-state index is 10.7. The summed E-state index contributed by atoms with van der Waals surface area (Å²) in [5.74, 6) is 0.133. The van der Waals surface area contributed by atoms with Crippen molar-refractivity contribution in [2.24, 2.45) is 0 Å². The molecule has 0 aromatic rings. The lowest BCUT2D eigenvalue weighted by Gasteiger charge is -2.09. The van der Waals surface area contributed by atoms with Crippen LogP contribution in [-0.4, -0.2) is 16.3 Å². The van der Waals surface area contributed by atoms with E-state index in [4.69, 9.17) is 4.89 Å². The molecule has 0 radical (unpaired) electrons. The number of hydrogen-bond donors (Lipinski definition) is 1. The molecule has 4 heteroatoms. The predicted octanol–water partition coefficient (Wildman–Crippen LogP) is 1.23. The highest BCUT2D eigenvalue weighted by Crippen LogP contribution is 2.33. The van der Waals surface area contributed by atoms with Crippen molar-refractivity contribution in [3.8, 4) is 0 Å². The molecule has 1 aliphatic carbocycles. The molecule has 1 aliphatic rings. The van der Waals surface area contributed by atoms with E-state index in [0.717, 1.165) is 12.8 Å². The van der Waals surface area contributed by atoms with E-state index in [1.807, 2.05) is 0 Å². The molecule has 56 valence electrons. The summed E-state index contributed by atoms with van der Waals surface area (Å²) in [7, 11) is -2.12. The van der Waals surface area contributed by atoms with Crippen LogP contribution in [0.1, 0.15) is 25.7 Å². The monoisotopic (exact) mass is 161 g/mol. The van der Waals surface area contributed by atoms with Crippen LogP contribution >= 0.6 is 8.03 Å². The van der Waals surface area contributed by atoms with Gasteiger partial charge in [0.25, 0.3) is 0 Å². The van der Waals surface area contributed by atoms with Crippen LogP contribution in [0.4, 0.5) is 0 Å². The lowest BCUT2D eigenvalue weighted by Crippen LogP contribution is -2.16. The largest absolute Gasteiger partial charge is 0.509 e. The predicted molar refractivity (Wildman–Crippen MR) is 37.1 cm³/mol. The van der Waals surface area contributed by atoms with Crippen molar-refractivity contribution in [2.45, 2.75) is 31.3 Å². The Kier molecular flexibility index (Phi) is 2.52. The van der Waals surface area contributed by atoms with E-state index in [1.54, 1.807) is 0 Å². The van der Waals surface area contributed by atoms with Crippen LogP contribution < -0.4 is 0 Å². The van der Waals surface area contributed by atoms with Gasteiger partial charge in [-0.1, -0.05) is 0 Å². The van der Waals surface area contributed by atoms with Crippen molar-refractivity contribution < 1.29 is 14.3 Å². The van der Waals surface area contributed by atoms with Crippen LogP contribution in [-0.2, 0) is 9.36 Å². The number of carbonyl (C=O) groups is 1. The Bertz CT molecular complexity index is 164. The molecular weight excluding hydrogens is 151 g/mol. The van der Waals surface area contributed by atoms with Gasteiger partial charge in [-0.2, -0.15) is 4.89 Å². The van der Waals surface area contributed by atoms with Crippen LogP contribution in [0.25, 0.3) is 0 Å². The van der Waals surface area contributed by atoms with Gasteiger partial charge in [0, 0.05) is 6.42 Å². The number of ketones is 1. The number of carbonyl (C=O) groups excluding carboxylic acids is 1. The molecule has 0 spiro atoms. The van der Waals surface area contributed by atoms with Gasteiger partial charge in [0.2, 0.25) is 0 Å². The van der Waals surface area contributed by atoms with Gasteiger partial charge in [0.1, 0.15) is 5.78 Å². The fourth-order valence-electron chi connectivity index (χ4n) is 1.19. The van der Waals surface area contributed by atoms with Crippen LogP contribution in [0.15, 0.2) is 0 Å². The topological polar surface area (TPSA) is 54.4 Å². The van der Waals surface area contributed by atoms with E-state index >= 15 is 0 Å². The zero-order valence-corrected chi connectivity index (χ0v) is 6.51. The normalized spacial score (nSPS) is 28.3. The van der Waals surface area contributed by atoms with Crippen molar-refractivity contribution >= 4 is 13.8 Å². The Morgan fingerprint density at radius 2 is 2.30 bits per heavy atom. The van der Waals surface area contributed by atoms with Gasteiger partial charge < -0.3 is 0 Å². The van der Waals surface area contributed by atoms with E-state index in [-0.39, 0.29) is 11.4 Å². The number of rotatable bonds is 1. The minimum atomic E-state index is -2.12. The Balaban J connectivity index is 2.47. The van der Waals surface area contributed by atoms with Gasteiger partial charge in [0.05, 0.1) is 6.42 Å². The third kappa shape index (κ3) is 1.86. The first-order valence-corrected chi connectivity index (χ1v) is 4.65. The lowest BCUT2D eigenvalue weighted by molar-refractivity contribution is -0.120. The zero-order chi connectivity index (χ0) is 7.56. The van der Waals surface area contributed by atoms with Crippen molar-refractivity contribution in [3.05, 3.63) is 0 Å². The molecule has 1 N–H and O–H groups in total. The summed E-state index contributed by atoms with van der Waals surface area (Å²) in [4.78, 5) is 19.4. The molecule has 0 saturated heterocycles. The van der Waals surface area contributed by atoms with Crippen LogP contribution in [0.3, 0.4) is 0 Å². The van der Waals surface area contributed by atoms with Crippen LogP contribution in [0, 0.1) is 0 Å². The first kappa shape index (κ1) is 7.83. The fraction of sp³-hybridized carbons (Fsp3) is 0.833. The minimum absolute atomic E-state index is 0.133. The Morgan fingerprint density at radius 1 is 1.60 bits per heavy atom. The van der Waals surface area contributed by atoms with E-state index in [1.165, 1.54) is 0 Å². The van der Waals surface area contributed by atoms with Gasteiger partial charge in [-0.05, 0) is 17.4 Å². The second-order valence-electron chi connectivity index (χ2n) is 2.59. The Morgan fingerprint density at radius 3 is 2.70 bits per heavy atom. The molecule has 0 aliphatic heterocycles. The molecule has 0 heterocycles. The summed E-state index contributed by atoms with van der Waals surface area (Å²) in [5, 5.41) is 0. The molecule has 0 aromatic heterocycles. The summed E-state index contributed by atoms with van der Waals surface area (Å²) < 4.78 is 10.5. The average Bonchev–Trinajstić information content (AvgIpc) is 1.88. The zero-order valence-electron chi connectivity index (χ0n) is 5.62. The van der Waals surface area contributed by atoms with E-state index in [9.17, 15) is 9.36 Å². The average molecular weight is 161 g/mol. The second kappa shape index (κ2) is 3.22. The van der Waals surface area contributed by atoms with Crippen LogP contribution in [0.2, 0.25) is 0 Å². The van der Waals surface area contributed by atoms with Crippen molar-refractivity contribution in [1.29, 1.82) is 0 Å². The maximum absolute atomic E-state index is 10.7. The van der Waals surface area contributed by atoms with Gasteiger partial charge in [-0.25, -0.2) is 0 Å². The third-order valence-corrected chi connectivity index (χ3v) is 2.83. The molecule has 0 aromatic carbocycles. The summed E-state index contributed by atoms with van der Waals surface area (Å²) in [6.45, 7) is 0. The van der Waals surface area contributed by atoms with E-state index in [0.29, 0.717) is 12.8 Å². The Labute approximate surface area is 60.3 Å². The van der Waals surface area contributed by atoms with Gasteiger partial charge in [-0.3, -0.25) is 4.79 Å². The molecule has 0 bridgehead atoms. The number of hydrogen-bond acceptors (Lipinski definition) is 2. The summed E-state index contributed by atoms with van der Waals surface area (Å²) >= 11 is 0. The summed E-state index contributed by atoms with van der Waals surface area (Å²) in [6.07, 6.45) is 2.42. The second-order valence-corrected chi connectivity index (χ2v) is 3.93. The summed E-state index contributed by atoms with van der Waals surface area (Å²) in [6, 6.07) is 0. The molecule has 1 saturated carbocycles. The van der Waals surface area contributed by atoms with Crippen molar-refractivity contribution in [2.75, 3.05) is 0 Å². The Hall–Kier alpha value is -0.270. The summed E-state index contributed by atoms with van der Waals surface area (Å²) in [5.41, 5.74) is -0.253. The molecule has 2 unspecified atom stereocenters. The first-order chi connectivity index (χ1) is 4.70. The van der Waals surface area contributed by atoms with Gasteiger partial charge >= 0.3 is 8.03 Å². The molecular formula is C6H10O3P+. The van der Waals surface area contributed by atoms with E-state index < -0.39 is 8.03 Å². The van der Waals surface area contributed by atoms with Crippen molar-refractivity contribution in [3.63, 3.8) is 0 Å². The highest BCUT2D eigenvalue weighted by Gasteiger charge is 2.33. The molecule has 1 rings (SSSR count). The third-order valence-electron chi connectivity index (χ3n) is 1.77. The van der Waals surface area contributed by atoms with Crippen molar-refractivity contribution in [1.82, 2.24) is 0 Å². The standard InChI is InChI=1S/C6H9O3P/c7-5-2-1-3-6(4-5)10(8)9/h6H,1-4H2/p+1. The minimum Gasteiger partial charge on any atom is -0.300 e. The maximum Gasteiger partial charge on any atom is 0.509 e. The lowest BCUT2D eigenvalue weighted by atomic mass is 9.99. The van der Waals surface area contributed by atoms with Crippen LogP contribution in [0.5, 0.6) is 0 Å². The molecule has 0 amide bonds. The highest BCUT2D eigenvalue weighted by atomic mass is 31.1. The van der Waals surface area contributed by atoms with Gasteiger partial charge in [0.15, 0.2) is 5.66 Å². The van der Waals surface area contributed by atoms with Gasteiger partial charge in [-0.15, -0.1) is 0 Å². The highest BCUT2D eigenvalue weighted by molar-refractivity contribution is 7.39. The quantitative estimate of drug-likeness (QED) is 0.588.